The van der Waals surface area contributed by atoms with E-state index in [9.17, 15) is 4.79 Å². The standard InChI is InChI=1S/C9H12O3/c1-6(9(10)11-3)8-4-5-12-7(8)2/h4-6H,1-3H3. The van der Waals surface area contributed by atoms with Crippen LogP contribution in [0.1, 0.15) is 24.2 Å². The van der Waals surface area contributed by atoms with Crippen molar-refractivity contribution in [3.05, 3.63) is 23.7 Å². The fourth-order valence-corrected chi connectivity index (χ4v) is 1.15. The molecule has 0 aliphatic carbocycles. The zero-order valence-corrected chi connectivity index (χ0v) is 7.46. The Balaban J connectivity index is 2.84. The second-order valence-electron chi connectivity index (χ2n) is 2.68. The molecule has 1 heterocycles. The van der Waals surface area contributed by atoms with Gasteiger partial charge >= 0.3 is 5.97 Å². The summed E-state index contributed by atoms with van der Waals surface area (Å²) in [5, 5.41) is 0. The summed E-state index contributed by atoms with van der Waals surface area (Å²) in [7, 11) is 1.38. The smallest absolute Gasteiger partial charge is 0.312 e. The van der Waals surface area contributed by atoms with Crippen molar-refractivity contribution in [2.75, 3.05) is 7.11 Å². The molecule has 66 valence electrons. The number of ether oxygens (including phenoxy) is 1. The monoisotopic (exact) mass is 168 g/mol. The molecule has 0 spiro atoms. The highest BCUT2D eigenvalue weighted by atomic mass is 16.5. The Morgan fingerprint density at radius 1 is 1.67 bits per heavy atom. The second-order valence-corrected chi connectivity index (χ2v) is 2.68. The minimum absolute atomic E-state index is 0.237. The van der Waals surface area contributed by atoms with E-state index in [1.165, 1.54) is 7.11 Å². The number of carbonyl (C=O) groups is 1. The molecule has 0 saturated heterocycles. The van der Waals surface area contributed by atoms with Gasteiger partial charge in [-0.25, -0.2) is 0 Å². The van der Waals surface area contributed by atoms with Crippen LogP contribution in [0.4, 0.5) is 0 Å². The van der Waals surface area contributed by atoms with Crippen LogP contribution in [0.2, 0.25) is 0 Å². The van der Waals surface area contributed by atoms with Gasteiger partial charge in [-0.05, 0) is 19.9 Å². The van der Waals surface area contributed by atoms with E-state index < -0.39 is 0 Å². The van der Waals surface area contributed by atoms with Crippen molar-refractivity contribution in [1.82, 2.24) is 0 Å². The fraction of sp³-hybridized carbons (Fsp3) is 0.444. The molecule has 0 N–H and O–H groups in total. The normalized spacial score (nSPS) is 12.6. The molecule has 0 amide bonds. The Labute approximate surface area is 71.3 Å². The van der Waals surface area contributed by atoms with Gasteiger partial charge in [0.15, 0.2) is 0 Å². The summed E-state index contributed by atoms with van der Waals surface area (Å²) in [5.74, 6) is 0.293. The summed E-state index contributed by atoms with van der Waals surface area (Å²) < 4.78 is 9.68. The van der Waals surface area contributed by atoms with Crippen LogP contribution in [-0.2, 0) is 9.53 Å². The van der Waals surface area contributed by atoms with Crippen molar-refractivity contribution in [1.29, 1.82) is 0 Å². The van der Waals surface area contributed by atoms with E-state index >= 15 is 0 Å². The summed E-state index contributed by atoms with van der Waals surface area (Å²) in [5.41, 5.74) is 0.891. The highest BCUT2D eigenvalue weighted by Crippen LogP contribution is 2.21. The summed E-state index contributed by atoms with van der Waals surface area (Å²) in [6.45, 7) is 3.62. The Morgan fingerprint density at radius 2 is 2.33 bits per heavy atom. The first-order valence-corrected chi connectivity index (χ1v) is 3.78. The SMILES string of the molecule is COC(=O)C(C)c1ccoc1C. The van der Waals surface area contributed by atoms with E-state index in [2.05, 4.69) is 4.74 Å². The van der Waals surface area contributed by atoms with Gasteiger partial charge in [0.25, 0.3) is 0 Å². The quantitative estimate of drug-likeness (QED) is 0.633. The van der Waals surface area contributed by atoms with Gasteiger partial charge in [-0.3, -0.25) is 4.79 Å². The first kappa shape index (κ1) is 8.84. The molecular weight excluding hydrogens is 156 g/mol. The van der Waals surface area contributed by atoms with Crippen LogP contribution in [0.15, 0.2) is 16.7 Å². The van der Waals surface area contributed by atoms with Crippen LogP contribution in [0.3, 0.4) is 0 Å². The lowest BCUT2D eigenvalue weighted by Gasteiger charge is -2.06. The van der Waals surface area contributed by atoms with Crippen LogP contribution in [0, 0.1) is 6.92 Å². The third kappa shape index (κ3) is 1.49. The van der Waals surface area contributed by atoms with Crippen molar-refractivity contribution in [2.45, 2.75) is 19.8 Å². The van der Waals surface area contributed by atoms with Gasteiger partial charge in [-0.1, -0.05) is 0 Å². The molecule has 0 radical (unpaired) electrons. The molecule has 0 aromatic carbocycles. The second kappa shape index (κ2) is 3.43. The lowest BCUT2D eigenvalue weighted by Crippen LogP contribution is -2.10. The highest BCUT2D eigenvalue weighted by Gasteiger charge is 2.18. The number of rotatable bonds is 2. The average molecular weight is 168 g/mol. The number of hydrogen-bond donors (Lipinski definition) is 0. The molecular formula is C9H12O3. The van der Waals surface area contributed by atoms with Crippen molar-refractivity contribution in [3.8, 4) is 0 Å². The van der Waals surface area contributed by atoms with Gasteiger partial charge in [0, 0.05) is 5.56 Å². The molecule has 1 rings (SSSR count). The lowest BCUT2D eigenvalue weighted by molar-refractivity contribution is -0.142. The van der Waals surface area contributed by atoms with E-state index in [1.54, 1.807) is 19.3 Å². The molecule has 1 atom stereocenters. The molecule has 1 unspecified atom stereocenters. The van der Waals surface area contributed by atoms with Crippen molar-refractivity contribution < 1.29 is 13.9 Å². The maximum atomic E-state index is 11.1. The molecule has 0 fully saturated rings. The molecule has 1 aromatic rings. The average Bonchev–Trinajstić information content (AvgIpc) is 2.48. The van der Waals surface area contributed by atoms with Gasteiger partial charge in [0.1, 0.15) is 5.76 Å². The Hall–Kier alpha value is -1.25. The third-order valence-corrected chi connectivity index (χ3v) is 1.92. The number of hydrogen-bond acceptors (Lipinski definition) is 3. The number of aryl methyl sites for hydroxylation is 1. The van der Waals surface area contributed by atoms with E-state index in [0.717, 1.165) is 11.3 Å². The zero-order valence-electron chi connectivity index (χ0n) is 7.46. The molecule has 0 aliphatic heterocycles. The molecule has 0 saturated carbocycles. The minimum Gasteiger partial charge on any atom is -0.469 e. The van der Waals surface area contributed by atoms with Gasteiger partial charge in [0.2, 0.25) is 0 Å². The summed E-state index contributed by atoms with van der Waals surface area (Å²) in [6, 6.07) is 1.79. The van der Waals surface area contributed by atoms with Crippen LogP contribution < -0.4 is 0 Å². The Morgan fingerprint density at radius 3 is 2.75 bits per heavy atom. The van der Waals surface area contributed by atoms with Crippen molar-refractivity contribution >= 4 is 5.97 Å². The number of esters is 1. The first-order valence-electron chi connectivity index (χ1n) is 3.78. The van der Waals surface area contributed by atoms with Crippen LogP contribution >= 0.6 is 0 Å². The van der Waals surface area contributed by atoms with Crippen molar-refractivity contribution in [3.63, 3.8) is 0 Å². The minimum atomic E-state index is -0.242. The Bertz CT molecular complexity index is 275. The topological polar surface area (TPSA) is 39.4 Å². The molecule has 1 aromatic heterocycles. The molecule has 3 heteroatoms. The highest BCUT2D eigenvalue weighted by molar-refractivity contribution is 5.77. The van der Waals surface area contributed by atoms with Crippen LogP contribution in [0.5, 0.6) is 0 Å². The largest absolute Gasteiger partial charge is 0.469 e. The lowest BCUT2D eigenvalue weighted by atomic mass is 10.0. The van der Waals surface area contributed by atoms with Gasteiger partial charge in [-0.15, -0.1) is 0 Å². The van der Waals surface area contributed by atoms with Crippen molar-refractivity contribution in [2.24, 2.45) is 0 Å². The van der Waals surface area contributed by atoms with Crippen LogP contribution in [0.25, 0.3) is 0 Å². The molecule has 12 heavy (non-hydrogen) atoms. The first-order chi connectivity index (χ1) is 5.66. The van der Waals surface area contributed by atoms with E-state index in [0.29, 0.717) is 0 Å². The number of furan rings is 1. The van der Waals surface area contributed by atoms with E-state index in [1.807, 2.05) is 6.92 Å². The number of carbonyl (C=O) groups excluding carboxylic acids is 1. The van der Waals surface area contributed by atoms with E-state index in [-0.39, 0.29) is 11.9 Å². The maximum absolute atomic E-state index is 11.1. The number of methoxy groups -OCH3 is 1. The van der Waals surface area contributed by atoms with E-state index in [4.69, 9.17) is 4.42 Å². The fourth-order valence-electron chi connectivity index (χ4n) is 1.15. The zero-order chi connectivity index (χ0) is 9.14. The van der Waals surface area contributed by atoms with Gasteiger partial charge < -0.3 is 9.15 Å². The maximum Gasteiger partial charge on any atom is 0.312 e. The summed E-state index contributed by atoms with van der Waals surface area (Å²) >= 11 is 0. The predicted octanol–water partition coefficient (Wildman–Crippen LogP) is 1.86. The van der Waals surface area contributed by atoms with Crippen LogP contribution in [-0.4, -0.2) is 13.1 Å². The summed E-state index contributed by atoms with van der Waals surface area (Å²) in [4.78, 5) is 11.1. The Kier molecular flexibility index (Phi) is 2.53. The van der Waals surface area contributed by atoms with Gasteiger partial charge in [-0.2, -0.15) is 0 Å². The van der Waals surface area contributed by atoms with Gasteiger partial charge in [0.05, 0.1) is 19.3 Å². The molecule has 3 nitrogen and oxygen atoms in total. The summed E-state index contributed by atoms with van der Waals surface area (Å²) in [6.07, 6.45) is 1.57. The predicted molar refractivity (Wildman–Crippen MR) is 43.9 cm³/mol. The third-order valence-electron chi connectivity index (χ3n) is 1.92. The molecule has 0 aliphatic rings. The molecule has 0 bridgehead atoms.